The van der Waals surface area contributed by atoms with Crippen LogP contribution in [0.25, 0.3) is 0 Å². The summed E-state index contributed by atoms with van der Waals surface area (Å²) in [5.41, 5.74) is 0.350. The number of hydrogen-bond acceptors (Lipinski definition) is 3. The molecule has 0 aliphatic carbocycles. The molecule has 0 radical (unpaired) electrons. The number of aliphatic hydroxyl groups is 1. The molecular weight excluding hydrogens is 302 g/mol. The van der Waals surface area contributed by atoms with E-state index in [-0.39, 0.29) is 35.3 Å². The minimum absolute atomic E-state index is 0.166. The Bertz CT molecular complexity index is 627. The van der Waals surface area contributed by atoms with Crippen molar-refractivity contribution in [1.29, 1.82) is 0 Å². The molecule has 2 rings (SSSR count). The average Bonchev–Trinajstić information content (AvgIpc) is 2.47. The number of ether oxygens (including phenoxy) is 2. The monoisotopic (exact) mass is 314 g/mol. The van der Waals surface area contributed by atoms with Gasteiger partial charge in [-0.2, -0.15) is 0 Å². The molecule has 0 saturated heterocycles. The Morgan fingerprint density at radius 2 is 1.86 bits per heavy atom. The molecule has 1 N–H and O–H groups in total. The second-order valence-electron chi connectivity index (χ2n) is 4.26. The lowest BCUT2D eigenvalue weighted by molar-refractivity contribution is 0.269. The summed E-state index contributed by atoms with van der Waals surface area (Å²) in [6.45, 7) is -0.536. The van der Waals surface area contributed by atoms with Crippen molar-refractivity contribution in [3.8, 4) is 11.5 Å². The molecule has 0 amide bonds. The van der Waals surface area contributed by atoms with E-state index >= 15 is 0 Å². The van der Waals surface area contributed by atoms with E-state index in [1.807, 2.05) is 0 Å². The van der Waals surface area contributed by atoms with E-state index in [1.54, 1.807) is 6.07 Å². The van der Waals surface area contributed by atoms with E-state index in [0.29, 0.717) is 5.56 Å². The van der Waals surface area contributed by atoms with Crippen LogP contribution in [0, 0.1) is 11.6 Å². The number of halogens is 3. The molecule has 21 heavy (non-hydrogen) atoms. The van der Waals surface area contributed by atoms with Gasteiger partial charge in [0.25, 0.3) is 0 Å². The molecule has 0 fully saturated rings. The molecule has 0 bridgehead atoms. The summed E-state index contributed by atoms with van der Waals surface area (Å²) >= 11 is 6.03. The molecule has 2 aromatic carbocycles. The highest BCUT2D eigenvalue weighted by atomic mass is 35.5. The highest BCUT2D eigenvalue weighted by Crippen LogP contribution is 2.37. The first kappa shape index (κ1) is 15.5. The van der Waals surface area contributed by atoms with Gasteiger partial charge in [-0.3, -0.25) is 0 Å². The average molecular weight is 315 g/mol. The zero-order chi connectivity index (χ0) is 15.4. The second kappa shape index (κ2) is 6.74. The van der Waals surface area contributed by atoms with E-state index < -0.39 is 11.6 Å². The van der Waals surface area contributed by atoms with Crippen molar-refractivity contribution in [1.82, 2.24) is 0 Å². The highest BCUT2D eigenvalue weighted by molar-refractivity contribution is 6.32. The Hall–Kier alpha value is -1.85. The van der Waals surface area contributed by atoms with Crippen molar-refractivity contribution in [2.75, 3.05) is 7.11 Å². The normalized spacial score (nSPS) is 10.5. The van der Waals surface area contributed by atoms with Crippen molar-refractivity contribution in [3.05, 3.63) is 58.1 Å². The largest absolute Gasteiger partial charge is 0.493 e. The molecule has 112 valence electrons. The molecule has 0 spiro atoms. The standard InChI is InChI=1S/C15H13ClF2O3/c1-20-14-6-9(7-19)5-11(16)15(14)21-8-10-12(17)3-2-4-13(10)18/h2-6,19H,7-8H2,1H3. The van der Waals surface area contributed by atoms with Gasteiger partial charge in [-0.1, -0.05) is 17.7 Å². The number of benzene rings is 2. The van der Waals surface area contributed by atoms with Crippen molar-refractivity contribution >= 4 is 11.6 Å². The number of aliphatic hydroxyl groups excluding tert-OH is 1. The Morgan fingerprint density at radius 3 is 2.43 bits per heavy atom. The van der Waals surface area contributed by atoms with Crippen LogP contribution in [0.3, 0.4) is 0 Å². The number of rotatable bonds is 5. The summed E-state index contributed by atoms with van der Waals surface area (Å²) in [6.07, 6.45) is 0. The van der Waals surface area contributed by atoms with E-state index in [0.717, 1.165) is 12.1 Å². The van der Waals surface area contributed by atoms with Crippen LogP contribution in [0.4, 0.5) is 8.78 Å². The van der Waals surface area contributed by atoms with Gasteiger partial charge in [-0.15, -0.1) is 0 Å². The maximum absolute atomic E-state index is 13.5. The predicted octanol–water partition coefficient (Wildman–Crippen LogP) is 3.70. The molecule has 0 saturated carbocycles. The minimum Gasteiger partial charge on any atom is -0.493 e. The smallest absolute Gasteiger partial charge is 0.180 e. The molecule has 2 aromatic rings. The van der Waals surface area contributed by atoms with Crippen molar-refractivity contribution in [3.63, 3.8) is 0 Å². The van der Waals surface area contributed by atoms with Gasteiger partial charge < -0.3 is 14.6 Å². The quantitative estimate of drug-likeness (QED) is 0.914. The van der Waals surface area contributed by atoms with Crippen molar-refractivity contribution in [2.24, 2.45) is 0 Å². The van der Waals surface area contributed by atoms with E-state index in [9.17, 15) is 8.78 Å². The van der Waals surface area contributed by atoms with Gasteiger partial charge in [0.05, 0.1) is 24.3 Å². The maximum atomic E-state index is 13.5. The molecule has 0 aromatic heterocycles. The Morgan fingerprint density at radius 1 is 1.19 bits per heavy atom. The second-order valence-corrected chi connectivity index (χ2v) is 4.66. The first-order chi connectivity index (χ1) is 10.1. The molecular formula is C15H13ClF2O3. The predicted molar refractivity (Wildman–Crippen MR) is 74.6 cm³/mol. The molecule has 3 nitrogen and oxygen atoms in total. The van der Waals surface area contributed by atoms with Gasteiger partial charge in [0.15, 0.2) is 11.5 Å². The summed E-state index contributed by atoms with van der Waals surface area (Å²) in [6, 6.07) is 6.61. The number of methoxy groups -OCH3 is 1. The third-order valence-electron chi connectivity index (χ3n) is 2.89. The molecule has 6 heteroatoms. The summed E-state index contributed by atoms with van der Waals surface area (Å²) in [5.74, 6) is -0.948. The highest BCUT2D eigenvalue weighted by Gasteiger charge is 2.15. The SMILES string of the molecule is COc1cc(CO)cc(Cl)c1OCc1c(F)cccc1F. The fraction of sp³-hybridized carbons (Fsp3) is 0.200. The van der Waals surface area contributed by atoms with E-state index in [1.165, 1.54) is 19.2 Å². The van der Waals surface area contributed by atoms with Gasteiger partial charge in [0, 0.05) is 0 Å². The lowest BCUT2D eigenvalue weighted by Gasteiger charge is -2.14. The molecule has 0 aliphatic rings. The van der Waals surface area contributed by atoms with Gasteiger partial charge in [-0.05, 0) is 29.8 Å². The van der Waals surface area contributed by atoms with Crippen LogP contribution < -0.4 is 9.47 Å². The first-order valence-corrected chi connectivity index (χ1v) is 6.47. The Labute approximate surface area is 125 Å². The third kappa shape index (κ3) is 3.43. The zero-order valence-corrected chi connectivity index (χ0v) is 12.0. The van der Waals surface area contributed by atoms with Crippen LogP contribution in [0.5, 0.6) is 11.5 Å². The molecule has 0 unspecified atom stereocenters. The third-order valence-corrected chi connectivity index (χ3v) is 3.18. The molecule has 0 aliphatic heterocycles. The zero-order valence-electron chi connectivity index (χ0n) is 11.2. The van der Waals surface area contributed by atoms with Gasteiger partial charge in [-0.25, -0.2) is 8.78 Å². The van der Waals surface area contributed by atoms with Gasteiger partial charge >= 0.3 is 0 Å². The van der Waals surface area contributed by atoms with Crippen LogP contribution in [-0.4, -0.2) is 12.2 Å². The van der Waals surface area contributed by atoms with Crippen molar-refractivity contribution in [2.45, 2.75) is 13.2 Å². The Kier molecular flexibility index (Phi) is 4.98. The van der Waals surface area contributed by atoms with Crippen LogP contribution in [0.1, 0.15) is 11.1 Å². The maximum Gasteiger partial charge on any atom is 0.180 e. The van der Waals surface area contributed by atoms with Crippen molar-refractivity contribution < 1.29 is 23.4 Å². The first-order valence-electron chi connectivity index (χ1n) is 6.09. The fourth-order valence-electron chi connectivity index (χ4n) is 1.82. The van der Waals surface area contributed by atoms with Gasteiger partial charge in [0.1, 0.15) is 18.2 Å². The van der Waals surface area contributed by atoms with E-state index in [2.05, 4.69) is 0 Å². The summed E-state index contributed by atoms with van der Waals surface area (Å²) in [4.78, 5) is 0. The van der Waals surface area contributed by atoms with Crippen LogP contribution in [0.15, 0.2) is 30.3 Å². The lowest BCUT2D eigenvalue weighted by Crippen LogP contribution is -2.03. The summed E-state index contributed by atoms with van der Waals surface area (Å²) < 4.78 is 37.6. The van der Waals surface area contributed by atoms with E-state index in [4.69, 9.17) is 26.2 Å². The number of hydrogen-bond donors (Lipinski definition) is 1. The Balaban J connectivity index is 2.28. The van der Waals surface area contributed by atoms with Crippen LogP contribution in [-0.2, 0) is 13.2 Å². The minimum atomic E-state index is -0.697. The van der Waals surface area contributed by atoms with Crippen LogP contribution >= 0.6 is 11.6 Å². The topological polar surface area (TPSA) is 38.7 Å². The summed E-state index contributed by atoms with van der Waals surface area (Å²) in [7, 11) is 1.41. The summed E-state index contributed by atoms with van der Waals surface area (Å²) in [5, 5.41) is 9.29. The fourth-order valence-corrected chi connectivity index (χ4v) is 2.11. The van der Waals surface area contributed by atoms with Gasteiger partial charge in [0.2, 0.25) is 0 Å². The molecule has 0 heterocycles. The molecule has 0 atom stereocenters. The lowest BCUT2D eigenvalue weighted by atomic mass is 10.2. The van der Waals surface area contributed by atoms with Crippen LogP contribution in [0.2, 0.25) is 5.02 Å².